The minimum absolute atomic E-state index is 0.00986. The molecule has 1 N–H and O–H groups in total. The first-order chi connectivity index (χ1) is 13.2. The number of carbonyl (C=O) groups excluding carboxylic acids is 3. The molecular weight excluding hydrogens is 360 g/mol. The lowest BCUT2D eigenvalue weighted by atomic mass is 10.1. The Morgan fingerprint density at radius 1 is 1.11 bits per heavy atom. The Hall–Kier alpha value is -2.57. The van der Waals surface area contributed by atoms with Gasteiger partial charge in [-0.1, -0.05) is 30.3 Å². The van der Waals surface area contributed by atoms with Crippen molar-refractivity contribution in [3.63, 3.8) is 0 Å². The molecule has 1 aromatic carbocycles. The number of likely N-dealkylation sites (tertiary alicyclic amines) is 1. The second-order valence-corrected chi connectivity index (χ2v) is 7.92. The summed E-state index contributed by atoms with van der Waals surface area (Å²) in [6.45, 7) is 6.83. The molecule has 0 radical (unpaired) electrons. The van der Waals surface area contributed by atoms with Crippen molar-refractivity contribution in [3.05, 3.63) is 35.9 Å². The van der Waals surface area contributed by atoms with Crippen LogP contribution in [0.25, 0.3) is 0 Å². The highest BCUT2D eigenvalue weighted by Crippen LogP contribution is 2.13. The summed E-state index contributed by atoms with van der Waals surface area (Å²) >= 11 is 0. The summed E-state index contributed by atoms with van der Waals surface area (Å²) in [5.74, 6) is -0.590. The lowest BCUT2D eigenvalue weighted by Gasteiger charge is -2.23. The van der Waals surface area contributed by atoms with Gasteiger partial charge in [0.2, 0.25) is 5.91 Å². The average Bonchev–Trinajstić information content (AvgIpc) is 3.17. The third-order valence-corrected chi connectivity index (χ3v) is 4.31. The zero-order valence-corrected chi connectivity index (χ0v) is 16.9. The van der Waals surface area contributed by atoms with Gasteiger partial charge in [0, 0.05) is 19.5 Å². The van der Waals surface area contributed by atoms with Gasteiger partial charge in [0.25, 0.3) is 0 Å². The zero-order chi connectivity index (χ0) is 20.6. The highest BCUT2D eigenvalue weighted by Gasteiger charge is 2.27. The van der Waals surface area contributed by atoms with Crippen molar-refractivity contribution >= 4 is 18.0 Å². The van der Waals surface area contributed by atoms with E-state index in [0.717, 1.165) is 31.5 Å². The number of nitrogens with zero attached hydrogens (tertiary/aromatic N) is 1. The Kier molecular flexibility index (Phi) is 7.84. The van der Waals surface area contributed by atoms with E-state index in [1.165, 1.54) is 0 Å². The Morgan fingerprint density at radius 2 is 1.75 bits per heavy atom. The summed E-state index contributed by atoms with van der Waals surface area (Å²) in [6, 6.07) is 8.34. The minimum Gasteiger partial charge on any atom is -0.459 e. The largest absolute Gasteiger partial charge is 0.459 e. The van der Waals surface area contributed by atoms with E-state index in [0.29, 0.717) is 0 Å². The van der Waals surface area contributed by atoms with Crippen LogP contribution in [-0.4, -0.2) is 47.6 Å². The first-order valence-electron chi connectivity index (χ1n) is 9.72. The van der Waals surface area contributed by atoms with Crippen LogP contribution < -0.4 is 5.32 Å². The van der Waals surface area contributed by atoms with E-state index in [4.69, 9.17) is 9.47 Å². The van der Waals surface area contributed by atoms with Gasteiger partial charge in [-0.2, -0.15) is 0 Å². The maximum atomic E-state index is 12.5. The number of nitrogens with one attached hydrogen (secondary N) is 1. The average molecular weight is 390 g/mol. The van der Waals surface area contributed by atoms with Crippen molar-refractivity contribution in [1.82, 2.24) is 10.2 Å². The van der Waals surface area contributed by atoms with Crippen LogP contribution in [0, 0.1) is 0 Å². The molecule has 28 heavy (non-hydrogen) atoms. The number of benzene rings is 1. The summed E-state index contributed by atoms with van der Waals surface area (Å²) in [6.07, 6.45) is 1.64. The molecule has 154 valence electrons. The van der Waals surface area contributed by atoms with Crippen LogP contribution in [0.3, 0.4) is 0 Å². The Balaban J connectivity index is 1.94. The molecular formula is C21H30N2O5. The molecule has 0 bridgehead atoms. The lowest BCUT2D eigenvalue weighted by molar-refractivity contribution is -0.147. The number of rotatable bonds is 7. The quantitative estimate of drug-likeness (QED) is 0.724. The number of carbonyl (C=O) groups is 3. The van der Waals surface area contributed by atoms with Crippen molar-refractivity contribution in [1.29, 1.82) is 0 Å². The van der Waals surface area contributed by atoms with Crippen molar-refractivity contribution < 1.29 is 23.9 Å². The second kappa shape index (κ2) is 10.1. The molecule has 0 aromatic heterocycles. The molecule has 0 saturated carbocycles. The lowest BCUT2D eigenvalue weighted by Crippen LogP contribution is -2.45. The summed E-state index contributed by atoms with van der Waals surface area (Å²) < 4.78 is 10.6. The summed E-state index contributed by atoms with van der Waals surface area (Å²) in [5, 5.41) is 2.55. The molecule has 0 spiro atoms. The van der Waals surface area contributed by atoms with Crippen LogP contribution in [0.1, 0.15) is 52.0 Å². The topological polar surface area (TPSA) is 84.9 Å². The molecule has 1 aliphatic heterocycles. The molecule has 1 aromatic rings. The molecule has 1 aliphatic rings. The van der Waals surface area contributed by atoms with Gasteiger partial charge in [-0.05, 0) is 45.6 Å². The molecule has 7 nitrogen and oxygen atoms in total. The maximum Gasteiger partial charge on any atom is 0.408 e. The molecule has 1 atom stereocenters. The van der Waals surface area contributed by atoms with Crippen molar-refractivity contribution in [3.8, 4) is 0 Å². The number of esters is 1. The van der Waals surface area contributed by atoms with E-state index < -0.39 is 23.7 Å². The van der Waals surface area contributed by atoms with Crippen molar-refractivity contribution in [2.75, 3.05) is 13.1 Å². The number of ether oxygens (including phenoxy) is 2. The van der Waals surface area contributed by atoms with Crippen molar-refractivity contribution in [2.24, 2.45) is 0 Å². The van der Waals surface area contributed by atoms with Crippen LogP contribution in [0.4, 0.5) is 4.79 Å². The van der Waals surface area contributed by atoms with Gasteiger partial charge in [0.1, 0.15) is 18.2 Å². The monoisotopic (exact) mass is 390 g/mol. The highest BCUT2D eigenvalue weighted by atomic mass is 16.6. The second-order valence-electron chi connectivity index (χ2n) is 7.92. The minimum atomic E-state index is -0.940. The summed E-state index contributed by atoms with van der Waals surface area (Å²) in [7, 11) is 0. The summed E-state index contributed by atoms with van der Waals surface area (Å²) in [5.41, 5.74) is 0.161. The highest BCUT2D eigenvalue weighted by molar-refractivity contribution is 5.83. The van der Waals surface area contributed by atoms with E-state index >= 15 is 0 Å². The van der Waals surface area contributed by atoms with Crippen molar-refractivity contribution in [2.45, 2.75) is 64.7 Å². The maximum absolute atomic E-state index is 12.5. The van der Waals surface area contributed by atoms with Crippen LogP contribution in [0.5, 0.6) is 0 Å². The fraction of sp³-hybridized carbons (Fsp3) is 0.571. The molecule has 2 amide bonds. The number of amides is 2. The zero-order valence-electron chi connectivity index (χ0n) is 16.9. The molecule has 7 heteroatoms. The van der Waals surface area contributed by atoms with Crippen LogP contribution in [-0.2, 0) is 25.7 Å². The number of hydrogen-bond donors (Lipinski definition) is 1. The van der Waals surface area contributed by atoms with Crippen LogP contribution >= 0.6 is 0 Å². The third-order valence-electron chi connectivity index (χ3n) is 4.31. The number of alkyl carbamates (subject to hydrolysis) is 1. The van der Waals surface area contributed by atoms with Gasteiger partial charge in [-0.3, -0.25) is 4.79 Å². The Labute approximate surface area is 166 Å². The molecule has 1 fully saturated rings. The SMILES string of the molecule is CC(C)(C)OC(=O)NC(CCC(=O)N1CCCC1)C(=O)OCc1ccccc1. The third kappa shape index (κ3) is 7.58. The van der Waals surface area contributed by atoms with Gasteiger partial charge in [-0.25, -0.2) is 9.59 Å². The summed E-state index contributed by atoms with van der Waals surface area (Å²) in [4.78, 5) is 38.7. The standard InChI is InChI=1S/C21H30N2O5/c1-21(2,3)28-20(26)22-17(11-12-18(24)23-13-7-8-14-23)19(25)27-15-16-9-5-4-6-10-16/h4-6,9-10,17H,7-8,11-15H2,1-3H3,(H,22,26). The molecule has 1 heterocycles. The van der Waals surface area contributed by atoms with E-state index in [1.54, 1.807) is 25.7 Å². The fourth-order valence-corrected chi connectivity index (χ4v) is 2.92. The van der Waals surface area contributed by atoms with Gasteiger partial charge in [0.15, 0.2) is 0 Å². The smallest absolute Gasteiger partial charge is 0.408 e. The fourth-order valence-electron chi connectivity index (χ4n) is 2.92. The van der Waals surface area contributed by atoms with E-state index in [1.807, 2.05) is 30.3 Å². The Morgan fingerprint density at radius 3 is 2.36 bits per heavy atom. The van der Waals surface area contributed by atoms with Gasteiger partial charge in [0.05, 0.1) is 0 Å². The predicted octanol–water partition coefficient (Wildman–Crippen LogP) is 3.03. The van der Waals surface area contributed by atoms with E-state index in [2.05, 4.69) is 5.32 Å². The molecule has 2 rings (SSSR count). The first kappa shape index (κ1) is 21.7. The van der Waals surface area contributed by atoms with Crippen LogP contribution in [0.2, 0.25) is 0 Å². The number of hydrogen-bond acceptors (Lipinski definition) is 5. The van der Waals surface area contributed by atoms with E-state index in [9.17, 15) is 14.4 Å². The first-order valence-corrected chi connectivity index (χ1v) is 9.72. The molecule has 0 aliphatic carbocycles. The van der Waals surface area contributed by atoms with Gasteiger partial charge in [-0.15, -0.1) is 0 Å². The van der Waals surface area contributed by atoms with Gasteiger partial charge >= 0.3 is 12.1 Å². The molecule has 1 saturated heterocycles. The van der Waals surface area contributed by atoms with E-state index in [-0.39, 0.29) is 25.4 Å². The van der Waals surface area contributed by atoms with Crippen LogP contribution in [0.15, 0.2) is 30.3 Å². The molecule has 1 unspecified atom stereocenters. The van der Waals surface area contributed by atoms with Gasteiger partial charge < -0.3 is 19.7 Å². The Bertz CT molecular complexity index is 663. The predicted molar refractivity (Wildman–Crippen MR) is 104 cm³/mol. The normalized spacial score (nSPS) is 15.0.